The Bertz CT molecular complexity index is 892. The lowest BCUT2D eigenvalue weighted by Gasteiger charge is -2.35. The van der Waals surface area contributed by atoms with Crippen LogP contribution in [-0.4, -0.2) is 58.8 Å². The van der Waals surface area contributed by atoms with Crippen molar-refractivity contribution in [3.63, 3.8) is 0 Å². The van der Waals surface area contributed by atoms with Gasteiger partial charge in [-0.2, -0.15) is 13.2 Å². The molecule has 0 unspecified atom stereocenters. The molecule has 28 heavy (non-hydrogen) atoms. The fraction of sp³-hybridized carbons (Fsp3) is 0.556. The van der Waals surface area contributed by atoms with Crippen LogP contribution in [0, 0.1) is 0 Å². The van der Waals surface area contributed by atoms with Crippen molar-refractivity contribution in [2.75, 3.05) is 31.1 Å². The van der Waals surface area contributed by atoms with Gasteiger partial charge in [0.1, 0.15) is 12.7 Å². The number of carbonyl (C=O) groups is 1. The minimum atomic E-state index is -4.50. The Hall–Kier alpha value is -2.36. The Labute approximate surface area is 158 Å². The molecule has 10 heteroatoms. The average molecular weight is 399 g/mol. The highest BCUT2D eigenvalue weighted by Crippen LogP contribution is 2.33. The minimum absolute atomic E-state index is 0.113. The van der Waals surface area contributed by atoms with Crippen molar-refractivity contribution in [3.8, 4) is 0 Å². The molecule has 2 N–H and O–H groups in total. The van der Waals surface area contributed by atoms with E-state index in [0.29, 0.717) is 31.1 Å². The standard InChI is InChI=1S/C18H21F4N5O/c19-12-4-7-26(9-13(12)23)17-24-14-3-2-11(18(20,21)22)8-15(14)27(17)10-16(28)25-5-1-6-25/h2-3,8,12-13H,1,4-7,9-10,23H2/t12-,13+/m0/s1. The third-order valence-electron chi connectivity index (χ3n) is 5.41. The summed E-state index contributed by atoms with van der Waals surface area (Å²) in [6.07, 6.45) is -4.51. The first-order chi connectivity index (χ1) is 13.2. The molecule has 2 atom stereocenters. The van der Waals surface area contributed by atoms with Gasteiger partial charge in [-0.05, 0) is 31.0 Å². The molecule has 2 aliphatic rings. The van der Waals surface area contributed by atoms with Gasteiger partial charge in [-0.3, -0.25) is 4.79 Å². The van der Waals surface area contributed by atoms with Crippen LogP contribution in [0.15, 0.2) is 18.2 Å². The number of benzene rings is 1. The third kappa shape index (κ3) is 3.41. The highest BCUT2D eigenvalue weighted by molar-refractivity contribution is 5.84. The van der Waals surface area contributed by atoms with Gasteiger partial charge in [-0.15, -0.1) is 0 Å². The topological polar surface area (TPSA) is 67.4 Å². The average Bonchev–Trinajstić information content (AvgIpc) is 2.93. The lowest BCUT2D eigenvalue weighted by molar-refractivity contribution is -0.137. The summed E-state index contributed by atoms with van der Waals surface area (Å²) in [7, 11) is 0. The zero-order valence-corrected chi connectivity index (χ0v) is 15.1. The van der Waals surface area contributed by atoms with Crippen molar-refractivity contribution in [2.24, 2.45) is 5.73 Å². The molecule has 2 saturated heterocycles. The zero-order chi connectivity index (χ0) is 20.1. The van der Waals surface area contributed by atoms with Gasteiger partial charge >= 0.3 is 6.18 Å². The summed E-state index contributed by atoms with van der Waals surface area (Å²) < 4.78 is 54.8. The number of imidazole rings is 1. The molecule has 2 aliphatic heterocycles. The van der Waals surface area contributed by atoms with E-state index in [1.54, 1.807) is 9.80 Å². The molecule has 4 rings (SSSR count). The van der Waals surface area contributed by atoms with Crippen LogP contribution in [0.2, 0.25) is 0 Å². The van der Waals surface area contributed by atoms with E-state index < -0.39 is 24.0 Å². The van der Waals surface area contributed by atoms with Crippen LogP contribution in [0.1, 0.15) is 18.4 Å². The van der Waals surface area contributed by atoms with Crippen LogP contribution >= 0.6 is 0 Å². The van der Waals surface area contributed by atoms with Crippen LogP contribution in [0.3, 0.4) is 0 Å². The second-order valence-corrected chi connectivity index (χ2v) is 7.35. The monoisotopic (exact) mass is 399 g/mol. The Morgan fingerprint density at radius 2 is 2.00 bits per heavy atom. The molecule has 2 fully saturated rings. The second kappa shape index (κ2) is 6.91. The molecule has 152 valence electrons. The Balaban J connectivity index is 1.76. The van der Waals surface area contributed by atoms with Gasteiger partial charge in [0.15, 0.2) is 0 Å². The SMILES string of the molecule is N[C@@H]1CN(c2nc3ccc(C(F)(F)F)cc3n2CC(=O)N2CCC2)CC[C@@H]1F. The van der Waals surface area contributed by atoms with Crippen LogP contribution in [0.25, 0.3) is 11.0 Å². The van der Waals surface area contributed by atoms with E-state index in [0.717, 1.165) is 18.6 Å². The van der Waals surface area contributed by atoms with Gasteiger partial charge in [-0.1, -0.05) is 0 Å². The fourth-order valence-corrected chi connectivity index (χ4v) is 3.62. The van der Waals surface area contributed by atoms with Crippen molar-refractivity contribution in [1.82, 2.24) is 14.5 Å². The second-order valence-electron chi connectivity index (χ2n) is 7.35. The molecular formula is C18H21F4N5O. The number of hydrogen-bond donors (Lipinski definition) is 1. The predicted molar refractivity (Wildman–Crippen MR) is 95.6 cm³/mol. The van der Waals surface area contributed by atoms with Gasteiger partial charge in [-0.25, -0.2) is 9.37 Å². The lowest BCUT2D eigenvalue weighted by atomic mass is 10.1. The minimum Gasteiger partial charge on any atom is -0.341 e. The molecule has 0 saturated carbocycles. The number of anilines is 1. The van der Waals surface area contributed by atoms with E-state index in [4.69, 9.17) is 5.73 Å². The number of fused-ring (bicyclic) bond motifs is 1. The van der Waals surface area contributed by atoms with Crippen LogP contribution in [-0.2, 0) is 17.5 Å². The Morgan fingerprint density at radius 3 is 2.61 bits per heavy atom. The summed E-state index contributed by atoms with van der Waals surface area (Å²) in [5.74, 6) is 0.180. The molecule has 0 radical (unpaired) electrons. The van der Waals surface area contributed by atoms with Crippen LogP contribution < -0.4 is 10.6 Å². The van der Waals surface area contributed by atoms with Crippen molar-refractivity contribution < 1.29 is 22.4 Å². The number of rotatable bonds is 3. The van der Waals surface area contributed by atoms with E-state index in [1.807, 2.05) is 0 Å². The first-order valence-corrected chi connectivity index (χ1v) is 9.24. The summed E-state index contributed by atoms with van der Waals surface area (Å²) in [5, 5.41) is 0. The molecule has 0 aliphatic carbocycles. The van der Waals surface area contributed by atoms with Crippen LogP contribution in [0.4, 0.5) is 23.5 Å². The number of amides is 1. The quantitative estimate of drug-likeness (QED) is 0.804. The summed E-state index contributed by atoms with van der Waals surface area (Å²) in [4.78, 5) is 20.4. The summed E-state index contributed by atoms with van der Waals surface area (Å²) in [6.45, 7) is 1.70. The van der Waals surface area contributed by atoms with Crippen molar-refractivity contribution in [1.29, 1.82) is 0 Å². The molecule has 0 spiro atoms. The van der Waals surface area contributed by atoms with Crippen molar-refractivity contribution >= 4 is 22.9 Å². The molecule has 1 aromatic carbocycles. The maximum absolute atomic E-state index is 13.8. The predicted octanol–water partition coefficient (Wildman–Crippen LogP) is 2.16. The van der Waals surface area contributed by atoms with Crippen molar-refractivity contribution in [2.45, 2.75) is 37.8 Å². The van der Waals surface area contributed by atoms with Gasteiger partial charge in [0, 0.05) is 26.2 Å². The number of nitrogens with zero attached hydrogens (tertiary/aromatic N) is 4. The highest BCUT2D eigenvalue weighted by Gasteiger charge is 2.33. The van der Waals surface area contributed by atoms with E-state index in [2.05, 4.69) is 4.98 Å². The number of alkyl halides is 4. The molecule has 6 nitrogen and oxygen atoms in total. The number of halogens is 4. The molecule has 1 aromatic heterocycles. The Morgan fingerprint density at radius 1 is 1.25 bits per heavy atom. The molecule has 3 heterocycles. The normalized spacial score (nSPS) is 23.2. The number of nitrogens with two attached hydrogens (primary N) is 1. The molecule has 1 amide bonds. The van der Waals surface area contributed by atoms with E-state index >= 15 is 0 Å². The number of aromatic nitrogens is 2. The summed E-state index contributed by atoms with van der Waals surface area (Å²) in [5.41, 5.74) is 5.62. The fourth-order valence-electron chi connectivity index (χ4n) is 3.62. The lowest BCUT2D eigenvalue weighted by Crippen LogP contribution is -2.50. The summed E-state index contributed by atoms with van der Waals surface area (Å²) >= 11 is 0. The van der Waals surface area contributed by atoms with Gasteiger partial charge in [0.2, 0.25) is 11.9 Å². The number of piperidine rings is 1. The number of carbonyl (C=O) groups excluding carboxylic acids is 1. The largest absolute Gasteiger partial charge is 0.416 e. The summed E-state index contributed by atoms with van der Waals surface area (Å²) in [6, 6.07) is 2.57. The molecular weight excluding hydrogens is 378 g/mol. The third-order valence-corrected chi connectivity index (χ3v) is 5.41. The van der Waals surface area contributed by atoms with E-state index in [1.165, 1.54) is 10.6 Å². The van der Waals surface area contributed by atoms with Gasteiger partial charge in [0.05, 0.1) is 22.6 Å². The molecule has 2 aromatic rings. The first kappa shape index (κ1) is 19.0. The van der Waals surface area contributed by atoms with Gasteiger partial charge in [0.25, 0.3) is 0 Å². The number of likely N-dealkylation sites (tertiary alicyclic amines) is 1. The maximum atomic E-state index is 13.8. The first-order valence-electron chi connectivity index (χ1n) is 9.24. The van der Waals surface area contributed by atoms with Crippen molar-refractivity contribution in [3.05, 3.63) is 23.8 Å². The van der Waals surface area contributed by atoms with Crippen LogP contribution in [0.5, 0.6) is 0 Å². The highest BCUT2D eigenvalue weighted by atomic mass is 19.4. The Kier molecular flexibility index (Phi) is 4.68. The van der Waals surface area contributed by atoms with Gasteiger partial charge < -0.3 is 20.1 Å². The number of hydrogen-bond acceptors (Lipinski definition) is 4. The zero-order valence-electron chi connectivity index (χ0n) is 15.1. The molecule has 0 bridgehead atoms. The smallest absolute Gasteiger partial charge is 0.341 e. The maximum Gasteiger partial charge on any atom is 0.416 e. The van der Waals surface area contributed by atoms with E-state index in [-0.39, 0.29) is 30.9 Å². The van der Waals surface area contributed by atoms with E-state index in [9.17, 15) is 22.4 Å².